The lowest BCUT2D eigenvalue weighted by molar-refractivity contribution is 0.191. The van der Waals surface area contributed by atoms with Gasteiger partial charge in [-0.2, -0.15) is 0 Å². The quantitative estimate of drug-likeness (QED) is 0.599. The summed E-state index contributed by atoms with van der Waals surface area (Å²) < 4.78 is 10.3. The number of anilines is 1. The topological polar surface area (TPSA) is 46.6 Å². The van der Waals surface area contributed by atoms with Gasteiger partial charge in [0.25, 0.3) is 0 Å². The maximum absolute atomic E-state index is 5.18. The van der Waals surface area contributed by atoms with Crippen LogP contribution in [0.2, 0.25) is 0 Å². The molecule has 0 aromatic carbocycles. The van der Waals surface area contributed by atoms with Gasteiger partial charge in [-0.1, -0.05) is 6.92 Å². The van der Waals surface area contributed by atoms with Crippen LogP contribution in [0.4, 0.5) is 5.13 Å². The normalized spacial score (nSPS) is 10.9. The van der Waals surface area contributed by atoms with Crippen molar-refractivity contribution in [2.45, 2.75) is 26.3 Å². The molecule has 0 unspecified atom stereocenters. The summed E-state index contributed by atoms with van der Waals surface area (Å²) in [5.41, 5.74) is 0. The smallest absolute Gasteiger partial charge is 0.185 e. The molecule has 0 amide bonds. The third kappa shape index (κ3) is 6.65. The molecule has 0 spiro atoms. The fourth-order valence-corrected chi connectivity index (χ4v) is 2.75. The molecule has 0 aliphatic carbocycles. The molecule has 0 atom stereocenters. The Morgan fingerprint density at radius 3 is 2.75 bits per heavy atom. The van der Waals surface area contributed by atoms with Crippen LogP contribution in [0.5, 0.6) is 0 Å². The number of hydrogen-bond acceptors (Lipinski definition) is 6. The van der Waals surface area contributed by atoms with Crippen LogP contribution in [-0.4, -0.2) is 52.1 Å². The van der Waals surface area contributed by atoms with Gasteiger partial charge in [0.1, 0.15) is 0 Å². The molecule has 0 aliphatic rings. The first-order valence-electron chi connectivity index (χ1n) is 7.20. The average Bonchev–Trinajstić information content (AvgIpc) is 2.92. The van der Waals surface area contributed by atoms with E-state index in [0.717, 1.165) is 57.4 Å². The summed E-state index contributed by atoms with van der Waals surface area (Å²) in [5.74, 6) is 0. The van der Waals surface area contributed by atoms with Gasteiger partial charge < -0.3 is 19.7 Å². The van der Waals surface area contributed by atoms with Crippen LogP contribution in [0.25, 0.3) is 0 Å². The van der Waals surface area contributed by atoms with E-state index in [-0.39, 0.29) is 0 Å². The predicted octanol–water partition coefficient (Wildman–Crippen LogP) is 2.13. The Balaban J connectivity index is 2.50. The molecule has 0 saturated carbocycles. The average molecular weight is 301 g/mol. The van der Waals surface area contributed by atoms with Gasteiger partial charge in [-0.15, -0.1) is 11.3 Å². The highest BCUT2D eigenvalue weighted by Gasteiger charge is 2.10. The van der Waals surface area contributed by atoms with Crippen LogP contribution in [-0.2, 0) is 16.0 Å². The van der Waals surface area contributed by atoms with Crippen molar-refractivity contribution in [3.05, 3.63) is 11.1 Å². The molecule has 5 nitrogen and oxygen atoms in total. The molecule has 1 rings (SSSR count). The van der Waals surface area contributed by atoms with Crippen molar-refractivity contribution in [1.82, 2.24) is 10.3 Å². The van der Waals surface area contributed by atoms with Gasteiger partial charge in [0.2, 0.25) is 0 Å². The largest absolute Gasteiger partial charge is 0.385 e. The summed E-state index contributed by atoms with van der Waals surface area (Å²) in [6.45, 7) is 7.45. The van der Waals surface area contributed by atoms with Crippen molar-refractivity contribution >= 4 is 16.5 Å². The van der Waals surface area contributed by atoms with E-state index in [1.807, 2.05) is 6.20 Å². The van der Waals surface area contributed by atoms with Crippen molar-refractivity contribution in [2.24, 2.45) is 0 Å². The number of ether oxygens (including phenoxy) is 2. The van der Waals surface area contributed by atoms with Crippen molar-refractivity contribution in [2.75, 3.05) is 52.0 Å². The van der Waals surface area contributed by atoms with Crippen LogP contribution in [0.15, 0.2) is 6.20 Å². The molecule has 0 bridgehead atoms. The van der Waals surface area contributed by atoms with Gasteiger partial charge >= 0.3 is 0 Å². The first kappa shape index (κ1) is 17.4. The van der Waals surface area contributed by atoms with E-state index in [0.29, 0.717) is 0 Å². The Morgan fingerprint density at radius 2 is 2.05 bits per heavy atom. The molecule has 20 heavy (non-hydrogen) atoms. The second-order valence-electron chi connectivity index (χ2n) is 4.61. The third-order valence-corrected chi connectivity index (χ3v) is 3.94. The van der Waals surface area contributed by atoms with Gasteiger partial charge in [-0.3, -0.25) is 0 Å². The molecule has 0 saturated heterocycles. The Kier molecular flexibility index (Phi) is 9.57. The van der Waals surface area contributed by atoms with Crippen LogP contribution >= 0.6 is 11.3 Å². The lowest BCUT2D eigenvalue weighted by atomic mass is 10.4. The van der Waals surface area contributed by atoms with E-state index in [4.69, 9.17) is 9.47 Å². The zero-order valence-electron chi connectivity index (χ0n) is 12.9. The SMILES string of the molecule is CCCNCc1cnc(N(CCCOC)CCOC)s1. The molecular formula is C14H27N3O2S. The summed E-state index contributed by atoms with van der Waals surface area (Å²) in [4.78, 5) is 8.09. The van der Waals surface area contributed by atoms with E-state index in [1.165, 1.54) is 4.88 Å². The zero-order chi connectivity index (χ0) is 14.6. The predicted molar refractivity (Wildman–Crippen MR) is 84.7 cm³/mol. The number of methoxy groups -OCH3 is 2. The summed E-state index contributed by atoms with van der Waals surface area (Å²) in [6, 6.07) is 0. The summed E-state index contributed by atoms with van der Waals surface area (Å²) in [6.07, 6.45) is 4.13. The molecule has 116 valence electrons. The minimum Gasteiger partial charge on any atom is -0.385 e. The Bertz CT molecular complexity index is 347. The van der Waals surface area contributed by atoms with Crippen molar-refractivity contribution < 1.29 is 9.47 Å². The molecule has 1 heterocycles. The zero-order valence-corrected chi connectivity index (χ0v) is 13.7. The summed E-state index contributed by atoms with van der Waals surface area (Å²) in [5, 5.41) is 4.48. The van der Waals surface area contributed by atoms with Gasteiger partial charge in [0.15, 0.2) is 5.13 Å². The number of nitrogens with one attached hydrogen (secondary N) is 1. The van der Waals surface area contributed by atoms with Gasteiger partial charge in [-0.05, 0) is 19.4 Å². The fraction of sp³-hybridized carbons (Fsp3) is 0.786. The lowest BCUT2D eigenvalue weighted by Crippen LogP contribution is -2.28. The van der Waals surface area contributed by atoms with Crippen LogP contribution in [0.1, 0.15) is 24.6 Å². The number of hydrogen-bond donors (Lipinski definition) is 1. The van der Waals surface area contributed by atoms with Crippen molar-refractivity contribution in [1.29, 1.82) is 0 Å². The molecule has 6 heteroatoms. The number of thiazole rings is 1. The third-order valence-electron chi connectivity index (χ3n) is 2.88. The van der Waals surface area contributed by atoms with Crippen LogP contribution in [0.3, 0.4) is 0 Å². The molecule has 0 fully saturated rings. The van der Waals surface area contributed by atoms with E-state index in [2.05, 4.69) is 22.1 Å². The molecule has 1 aromatic rings. The number of nitrogens with zero attached hydrogens (tertiary/aromatic N) is 2. The van der Waals surface area contributed by atoms with Gasteiger partial charge in [0.05, 0.1) is 6.61 Å². The Labute approximate surface area is 126 Å². The maximum Gasteiger partial charge on any atom is 0.185 e. The van der Waals surface area contributed by atoms with Crippen LogP contribution < -0.4 is 10.2 Å². The van der Waals surface area contributed by atoms with E-state index >= 15 is 0 Å². The molecule has 1 N–H and O–H groups in total. The second-order valence-corrected chi connectivity index (χ2v) is 5.71. The van der Waals surface area contributed by atoms with Crippen LogP contribution in [0, 0.1) is 0 Å². The first-order chi connectivity index (χ1) is 9.81. The molecular weight excluding hydrogens is 274 g/mol. The fourth-order valence-electron chi connectivity index (χ4n) is 1.82. The Morgan fingerprint density at radius 1 is 1.25 bits per heavy atom. The first-order valence-corrected chi connectivity index (χ1v) is 8.01. The van der Waals surface area contributed by atoms with Crippen molar-refractivity contribution in [3.8, 4) is 0 Å². The molecule has 0 radical (unpaired) electrons. The second kappa shape index (κ2) is 11.0. The Hall–Kier alpha value is -0.690. The van der Waals surface area contributed by atoms with Gasteiger partial charge in [0, 0.05) is 51.5 Å². The summed E-state index contributed by atoms with van der Waals surface area (Å²) >= 11 is 1.76. The number of rotatable bonds is 12. The highest BCUT2D eigenvalue weighted by Crippen LogP contribution is 2.22. The standard InChI is InChI=1S/C14H27N3O2S/c1-4-6-15-11-13-12-16-14(20-13)17(8-10-19-3)7-5-9-18-2/h12,15H,4-11H2,1-3H3. The van der Waals surface area contributed by atoms with E-state index < -0.39 is 0 Å². The van der Waals surface area contributed by atoms with Crippen molar-refractivity contribution in [3.63, 3.8) is 0 Å². The molecule has 0 aliphatic heterocycles. The highest BCUT2D eigenvalue weighted by atomic mass is 32.1. The monoisotopic (exact) mass is 301 g/mol. The summed E-state index contributed by atoms with van der Waals surface area (Å²) in [7, 11) is 3.47. The molecule has 1 aromatic heterocycles. The minimum absolute atomic E-state index is 0.718. The van der Waals surface area contributed by atoms with Gasteiger partial charge in [-0.25, -0.2) is 4.98 Å². The minimum atomic E-state index is 0.718. The number of aromatic nitrogens is 1. The maximum atomic E-state index is 5.18. The lowest BCUT2D eigenvalue weighted by Gasteiger charge is -2.21. The van der Waals surface area contributed by atoms with E-state index in [9.17, 15) is 0 Å². The van der Waals surface area contributed by atoms with E-state index in [1.54, 1.807) is 25.6 Å². The highest BCUT2D eigenvalue weighted by molar-refractivity contribution is 7.15.